The molecule has 3 rings (SSSR count). The smallest absolute Gasteiger partial charge is 0.237 e. The van der Waals surface area contributed by atoms with Crippen molar-refractivity contribution in [2.45, 2.75) is 26.1 Å². The van der Waals surface area contributed by atoms with Gasteiger partial charge in [0.25, 0.3) is 0 Å². The Morgan fingerprint density at radius 2 is 2.11 bits per heavy atom. The summed E-state index contributed by atoms with van der Waals surface area (Å²) in [4.78, 5) is 17.8. The molecule has 0 aliphatic carbocycles. The Kier molecular flexibility index (Phi) is 6.58. The summed E-state index contributed by atoms with van der Waals surface area (Å²) in [6.07, 6.45) is 0. The molecule has 27 heavy (non-hydrogen) atoms. The quantitative estimate of drug-likeness (QED) is 0.598. The number of ether oxygens (including phenoxy) is 1. The maximum Gasteiger partial charge on any atom is 0.237 e. The van der Waals surface area contributed by atoms with E-state index in [1.165, 1.54) is 11.8 Å². The van der Waals surface area contributed by atoms with Crippen molar-refractivity contribution < 1.29 is 13.9 Å². The van der Waals surface area contributed by atoms with Crippen molar-refractivity contribution in [1.29, 1.82) is 0 Å². The molecule has 0 atom stereocenters. The second-order valence-corrected chi connectivity index (χ2v) is 7.94. The van der Waals surface area contributed by atoms with E-state index in [2.05, 4.69) is 16.4 Å². The third-order valence-electron chi connectivity index (χ3n) is 4.09. The van der Waals surface area contributed by atoms with Gasteiger partial charge in [-0.25, -0.2) is 4.98 Å². The highest BCUT2D eigenvalue weighted by molar-refractivity contribution is 7.99. The van der Waals surface area contributed by atoms with Gasteiger partial charge in [0.05, 0.1) is 23.4 Å². The summed E-state index contributed by atoms with van der Waals surface area (Å²) < 4.78 is 11.1. The largest absolute Gasteiger partial charge is 0.496 e. The van der Waals surface area contributed by atoms with Gasteiger partial charge < -0.3 is 14.5 Å². The third-order valence-corrected chi connectivity index (χ3v) is 6.04. The number of thiophene rings is 1. The molecule has 0 saturated heterocycles. The number of carbonyl (C=O) groups is 1. The van der Waals surface area contributed by atoms with Crippen LogP contribution in [-0.4, -0.2) is 23.8 Å². The molecule has 0 unspecified atom stereocenters. The van der Waals surface area contributed by atoms with Crippen LogP contribution in [0.5, 0.6) is 5.75 Å². The maximum absolute atomic E-state index is 12.1. The van der Waals surface area contributed by atoms with Gasteiger partial charge in [0.1, 0.15) is 11.5 Å². The molecule has 3 aromatic rings. The molecule has 0 fully saturated rings. The van der Waals surface area contributed by atoms with Gasteiger partial charge in [0, 0.05) is 17.9 Å². The van der Waals surface area contributed by atoms with E-state index in [1.54, 1.807) is 18.4 Å². The van der Waals surface area contributed by atoms with Crippen LogP contribution in [0.2, 0.25) is 0 Å². The Bertz CT molecular complexity index is 918. The molecule has 0 bridgehead atoms. The molecule has 1 aromatic carbocycles. The lowest BCUT2D eigenvalue weighted by Gasteiger charge is -2.09. The first-order valence-electron chi connectivity index (χ1n) is 8.55. The van der Waals surface area contributed by atoms with Crippen LogP contribution in [0.15, 0.2) is 40.1 Å². The molecule has 0 saturated carbocycles. The summed E-state index contributed by atoms with van der Waals surface area (Å²) in [5.41, 5.74) is 3.01. The molecule has 1 N–H and O–H groups in total. The number of oxazole rings is 1. The zero-order valence-electron chi connectivity index (χ0n) is 15.6. The van der Waals surface area contributed by atoms with Gasteiger partial charge in [-0.1, -0.05) is 18.2 Å². The second-order valence-electron chi connectivity index (χ2n) is 6.04. The number of aromatic nitrogens is 1. The molecule has 7 heteroatoms. The molecule has 2 aromatic heterocycles. The summed E-state index contributed by atoms with van der Waals surface area (Å²) in [6, 6.07) is 9.72. The average molecular weight is 403 g/mol. The van der Waals surface area contributed by atoms with E-state index < -0.39 is 0 Å². The summed E-state index contributed by atoms with van der Waals surface area (Å²) in [5.74, 6) is 3.24. The summed E-state index contributed by atoms with van der Waals surface area (Å²) in [7, 11) is 1.63. The molecule has 142 valence electrons. The number of hydrogen-bond acceptors (Lipinski definition) is 6. The second kappa shape index (κ2) is 9.10. The highest BCUT2D eigenvalue weighted by atomic mass is 32.2. The molecule has 2 heterocycles. The Morgan fingerprint density at radius 1 is 1.30 bits per heavy atom. The summed E-state index contributed by atoms with van der Waals surface area (Å²) in [6.45, 7) is 4.41. The van der Waals surface area contributed by atoms with Crippen LogP contribution < -0.4 is 10.1 Å². The average Bonchev–Trinajstić information content (AvgIpc) is 3.25. The van der Waals surface area contributed by atoms with E-state index in [-0.39, 0.29) is 5.91 Å². The predicted octanol–water partition coefficient (Wildman–Crippen LogP) is 4.58. The fourth-order valence-corrected chi connectivity index (χ4v) is 4.29. The minimum absolute atomic E-state index is 0.0126. The van der Waals surface area contributed by atoms with Crippen molar-refractivity contribution in [3.05, 3.63) is 58.3 Å². The van der Waals surface area contributed by atoms with Crippen LogP contribution in [0.3, 0.4) is 0 Å². The monoisotopic (exact) mass is 402 g/mol. The van der Waals surface area contributed by atoms with Gasteiger partial charge in [-0.05, 0) is 36.9 Å². The topological polar surface area (TPSA) is 64.4 Å². The molecular weight excluding hydrogens is 380 g/mol. The van der Waals surface area contributed by atoms with Crippen LogP contribution in [0.1, 0.15) is 22.6 Å². The molecule has 0 spiro atoms. The van der Waals surface area contributed by atoms with Gasteiger partial charge in [-0.3, -0.25) is 4.79 Å². The van der Waals surface area contributed by atoms with Crippen molar-refractivity contribution in [3.63, 3.8) is 0 Å². The van der Waals surface area contributed by atoms with Crippen LogP contribution >= 0.6 is 23.1 Å². The first-order chi connectivity index (χ1) is 13.1. The van der Waals surface area contributed by atoms with Gasteiger partial charge in [0.2, 0.25) is 11.8 Å². The lowest BCUT2D eigenvalue weighted by molar-refractivity contribution is -0.118. The Balaban J connectivity index is 1.49. The molecule has 1 amide bonds. The summed E-state index contributed by atoms with van der Waals surface area (Å²) >= 11 is 3.15. The van der Waals surface area contributed by atoms with E-state index in [1.807, 2.05) is 43.5 Å². The first-order valence-corrected chi connectivity index (χ1v) is 10.6. The molecular formula is C20H22N2O3S2. The van der Waals surface area contributed by atoms with E-state index in [9.17, 15) is 4.79 Å². The Labute approximate surface area is 167 Å². The molecule has 0 aliphatic rings. The third kappa shape index (κ3) is 4.93. The highest BCUT2D eigenvalue weighted by Crippen LogP contribution is 2.30. The van der Waals surface area contributed by atoms with Gasteiger partial charge in [0.15, 0.2) is 0 Å². The van der Waals surface area contributed by atoms with Crippen molar-refractivity contribution >= 4 is 29.0 Å². The number of nitrogens with zero attached hydrogens (tertiary/aromatic N) is 1. The van der Waals surface area contributed by atoms with Crippen LogP contribution in [0.4, 0.5) is 0 Å². The number of amides is 1. The maximum atomic E-state index is 12.1. The number of rotatable bonds is 8. The van der Waals surface area contributed by atoms with Crippen molar-refractivity contribution in [3.8, 4) is 16.5 Å². The number of aryl methyl sites for hydroxylation is 2. The fraction of sp³-hybridized carbons (Fsp3) is 0.300. The molecule has 0 aliphatic heterocycles. The standard InChI is InChI=1S/C20H22N2O3S2/c1-13-8-9-27-19(13)20-22-16(14(2)25-20)11-26-12-18(23)21-10-15-6-4-5-7-17(15)24-3/h4-9H,10-12H2,1-3H3,(H,21,23). The minimum Gasteiger partial charge on any atom is -0.496 e. The van der Waals surface area contributed by atoms with Crippen LogP contribution in [0, 0.1) is 13.8 Å². The van der Waals surface area contributed by atoms with E-state index in [4.69, 9.17) is 9.15 Å². The van der Waals surface area contributed by atoms with E-state index >= 15 is 0 Å². The van der Waals surface area contributed by atoms with E-state index in [0.29, 0.717) is 23.9 Å². The zero-order chi connectivity index (χ0) is 19.2. The molecule has 0 radical (unpaired) electrons. The number of para-hydroxylation sites is 1. The SMILES string of the molecule is COc1ccccc1CNC(=O)CSCc1nc(-c2sccc2C)oc1C. The van der Waals surface area contributed by atoms with Crippen molar-refractivity contribution in [2.24, 2.45) is 0 Å². The zero-order valence-corrected chi connectivity index (χ0v) is 17.2. The Morgan fingerprint density at radius 3 is 2.85 bits per heavy atom. The fourth-order valence-electron chi connectivity index (χ4n) is 2.59. The van der Waals surface area contributed by atoms with Crippen LogP contribution in [-0.2, 0) is 17.1 Å². The number of thioether (sulfide) groups is 1. The number of carbonyl (C=O) groups excluding carboxylic acids is 1. The van der Waals surface area contributed by atoms with Gasteiger partial charge in [-0.15, -0.1) is 23.1 Å². The predicted molar refractivity (Wildman–Crippen MR) is 110 cm³/mol. The lowest BCUT2D eigenvalue weighted by Crippen LogP contribution is -2.24. The minimum atomic E-state index is -0.0126. The van der Waals surface area contributed by atoms with Crippen LogP contribution in [0.25, 0.3) is 10.8 Å². The first kappa shape index (κ1) is 19.5. The van der Waals surface area contributed by atoms with Crippen molar-refractivity contribution in [2.75, 3.05) is 12.9 Å². The summed E-state index contributed by atoms with van der Waals surface area (Å²) in [5, 5.41) is 4.96. The highest BCUT2D eigenvalue weighted by Gasteiger charge is 2.15. The van der Waals surface area contributed by atoms with E-state index in [0.717, 1.165) is 33.2 Å². The van der Waals surface area contributed by atoms with Crippen molar-refractivity contribution in [1.82, 2.24) is 10.3 Å². The van der Waals surface area contributed by atoms with Gasteiger partial charge in [-0.2, -0.15) is 0 Å². The Hall–Kier alpha value is -2.25. The normalized spacial score (nSPS) is 10.8. The molecule has 5 nitrogen and oxygen atoms in total. The number of benzene rings is 1. The number of nitrogens with one attached hydrogen (secondary N) is 1. The number of methoxy groups -OCH3 is 1. The lowest BCUT2D eigenvalue weighted by atomic mass is 10.2. The van der Waals surface area contributed by atoms with Gasteiger partial charge >= 0.3 is 0 Å². The number of hydrogen-bond donors (Lipinski definition) is 1.